The van der Waals surface area contributed by atoms with Crippen LogP contribution in [0.15, 0.2) is 24.7 Å². The molecule has 2 fully saturated rings. The molecule has 21 heavy (non-hydrogen) atoms. The lowest BCUT2D eigenvalue weighted by Crippen LogP contribution is -2.22. The molecule has 3 nitrogen and oxygen atoms in total. The second kappa shape index (κ2) is 5.13. The zero-order valence-electron chi connectivity index (χ0n) is 12.7. The van der Waals surface area contributed by atoms with Gasteiger partial charge in [0.1, 0.15) is 0 Å². The number of aliphatic hydroxyl groups is 1. The topological polar surface area (TPSA) is 37.5 Å². The van der Waals surface area contributed by atoms with Gasteiger partial charge in [-0.25, -0.2) is 4.98 Å². The molecule has 2 aliphatic carbocycles. The highest BCUT2D eigenvalue weighted by Gasteiger charge is 2.33. The number of hydrogen-bond acceptors (Lipinski definition) is 2. The molecule has 0 amide bonds. The summed E-state index contributed by atoms with van der Waals surface area (Å²) in [4.78, 5) is 4.27. The molecule has 0 bridgehead atoms. The van der Waals surface area contributed by atoms with Crippen LogP contribution < -0.4 is 0 Å². The highest BCUT2D eigenvalue weighted by atomic mass is 16.3. The zero-order valence-corrected chi connectivity index (χ0v) is 12.7. The molecule has 112 valence electrons. The van der Waals surface area contributed by atoms with Gasteiger partial charge in [-0.1, -0.05) is 25.8 Å². The first-order valence-electron chi connectivity index (χ1n) is 8.37. The van der Waals surface area contributed by atoms with E-state index in [1.165, 1.54) is 31.2 Å². The Morgan fingerprint density at radius 3 is 2.62 bits per heavy atom. The smallest absolute Gasteiger partial charge is 0.0995 e. The molecule has 0 radical (unpaired) electrons. The van der Waals surface area contributed by atoms with Gasteiger partial charge in [-0.15, -0.1) is 0 Å². The fraction of sp³-hybridized carbons (Fsp3) is 0.611. The number of pyridine rings is 1. The maximum Gasteiger partial charge on any atom is 0.0995 e. The molecule has 2 saturated carbocycles. The summed E-state index contributed by atoms with van der Waals surface area (Å²) in [7, 11) is 0. The molecule has 0 aromatic carbocycles. The number of hydrogen-bond donors (Lipinski definition) is 1. The van der Waals surface area contributed by atoms with E-state index in [-0.39, 0.29) is 6.10 Å². The van der Waals surface area contributed by atoms with Crippen LogP contribution in [0.5, 0.6) is 0 Å². The summed E-state index contributed by atoms with van der Waals surface area (Å²) >= 11 is 0. The van der Waals surface area contributed by atoms with E-state index in [1.54, 1.807) is 0 Å². The van der Waals surface area contributed by atoms with Crippen molar-refractivity contribution in [2.24, 2.45) is 11.8 Å². The van der Waals surface area contributed by atoms with Gasteiger partial charge < -0.3 is 9.51 Å². The fourth-order valence-electron chi connectivity index (χ4n) is 3.91. The maximum atomic E-state index is 11.1. The number of nitrogens with zero attached hydrogens (tertiary/aromatic N) is 2. The van der Waals surface area contributed by atoms with Crippen molar-refractivity contribution in [1.29, 1.82) is 0 Å². The molecule has 0 unspecified atom stereocenters. The van der Waals surface area contributed by atoms with Crippen LogP contribution in [0.4, 0.5) is 0 Å². The summed E-state index contributed by atoms with van der Waals surface area (Å²) in [6.45, 7) is 2.33. The number of aliphatic hydroxyl groups excluding tert-OH is 1. The molecule has 0 aliphatic heterocycles. The molecule has 1 atom stereocenters. The lowest BCUT2D eigenvalue weighted by atomic mass is 9.78. The summed E-state index contributed by atoms with van der Waals surface area (Å²) in [5.41, 5.74) is 3.57. The third kappa shape index (κ3) is 2.38. The first kappa shape index (κ1) is 13.3. The van der Waals surface area contributed by atoms with Crippen molar-refractivity contribution in [3.63, 3.8) is 0 Å². The Balaban J connectivity index is 1.73. The van der Waals surface area contributed by atoms with Crippen LogP contribution >= 0.6 is 0 Å². The van der Waals surface area contributed by atoms with E-state index in [4.69, 9.17) is 0 Å². The van der Waals surface area contributed by atoms with Crippen molar-refractivity contribution in [2.75, 3.05) is 0 Å². The minimum Gasteiger partial charge on any atom is -0.387 e. The van der Waals surface area contributed by atoms with Crippen molar-refractivity contribution in [3.8, 4) is 0 Å². The third-order valence-corrected chi connectivity index (χ3v) is 5.46. The van der Waals surface area contributed by atoms with Gasteiger partial charge in [0.05, 0.1) is 29.8 Å². The number of rotatable bonds is 3. The first-order valence-corrected chi connectivity index (χ1v) is 8.37. The standard InChI is InChI=1S/C18H24N2O/c1-12-2-4-14(5-3-12)18(21)17-16(13-6-7-13)9-8-15-10-19-11-20(15)17/h8-14,18,21H,2-7H2,1H3/t12?,14?,18-/m0/s1. The van der Waals surface area contributed by atoms with Crippen LogP contribution in [0.2, 0.25) is 0 Å². The Kier molecular flexibility index (Phi) is 3.26. The van der Waals surface area contributed by atoms with E-state index in [0.29, 0.717) is 11.8 Å². The number of fused-ring (bicyclic) bond motifs is 1. The van der Waals surface area contributed by atoms with E-state index < -0.39 is 0 Å². The maximum absolute atomic E-state index is 11.1. The molecule has 4 rings (SSSR count). The van der Waals surface area contributed by atoms with Crippen LogP contribution in [0, 0.1) is 11.8 Å². The molecular formula is C18H24N2O. The Hall–Kier alpha value is -1.35. The largest absolute Gasteiger partial charge is 0.387 e. The van der Waals surface area contributed by atoms with E-state index in [0.717, 1.165) is 30.0 Å². The van der Waals surface area contributed by atoms with Crippen LogP contribution in [0.25, 0.3) is 5.52 Å². The molecule has 0 saturated heterocycles. The van der Waals surface area contributed by atoms with Gasteiger partial charge in [0, 0.05) is 0 Å². The molecule has 2 aromatic heterocycles. The SMILES string of the molecule is CC1CCC([C@H](O)c2c(C3CC3)ccc3cncn23)CC1. The molecule has 2 aliphatic rings. The van der Waals surface area contributed by atoms with Crippen molar-refractivity contribution in [3.05, 3.63) is 35.9 Å². The van der Waals surface area contributed by atoms with Gasteiger partial charge >= 0.3 is 0 Å². The van der Waals surface area contributed by atoms with E-state index in [1.807, 2.05) is 12.5 Å². The van der Waals surface area contributed by atoms with E-state index >= 15 is 0 Å². The summed E-state index contributed by atoms with van der Waals surface area (Å²) in [5.74, 6) is 1.89. The molecule has 3 heteroatoms. The van der Waals surface area contributed by atoms with Crippen molar-refractivity contribution in [2.45, 2.75) is 57.5 Å². The van der Waals surface area contributed by atoms with Gasteiger partial charge in [-0.2, -0.15) is 0 Å². The van der Waals surface area contributed by atoms with Crippen molar-refractivity contribution >= 4 is 5.52 Å². The lowest BCUT2D eigenvalue weighted by molar-refractivity contribution is 0.0704. The van der Waals surface area contributed by atoms with Crippen LogP contribution in [0.3, 0.4) is 0 Å². The molecule has 2 aromatic rings. The minimum absolute atomic E-state index is 0.342. The fourth-order valence-corrected chi connectivity index (χ4v) is 3.91. The lowest BCUT2D eigenvalue weighted by Gasteiger charge is -2.31. The van der Waals surface area contributed by atoms with Gasteiger partial charge in [0.25, 0.3) is 0 Å². The van der Waals surface area contributed by atoms with Gasteiger partial charge in [-0.05, 0) is 55.1 Å². The highest BCUT2D eigenvalue weighted by molar-refractivity contribution is 5.50. The number of imidazole rings is 1. The third-order valence-electron chi connectivity index (χ3n) is 5.46. The van der Waals surface area contributed by atoms with Gasteiger partial charge in [0.15, 0.2) is 0 Å². The predicted molar refractivity (Wildman–Crippen MR) is 83.2 cm³/mol. The monoisotopic (exact) mass is 284 g/mol. The second-order valence-electron chi connectivity index (χ2n) is 7.10. The zero-order chi connectivity index (χ0) is 14.4. The Bertz CT molecular complexity index is 636. The average molecular weight is 284 g/mol. The first-order chi connectivity index (χ1) is 10.2. The summed E-state index contributed by atoms with van der Waals surface area (Å²) in [6, 6.07) is 4.36. The summed E-state index contributed by atoms with van der Waals surface area (Å²) in [6.07, 6.45) is 10.7. The average Bonchev–Trinajstić information content (AvgIpc) is 3.23. The highest BCUT2D eigenvalue weighted by Crippen LogP contribution is 2.46. The molecule has 0 spiro atoms. The van der Waals surface area contributed by atoms with Crippen LogP contribution in [-0.2, 0) is 0 Å². The van der Waals surface area contributed by atoms with Crippen LogP contribution in [-0.4, -0.2) is 14.5 Å². The predicted octanol–water partition coefficient (Wildman–Crippen LogP) is 4.07. The summed E-state index contributed by atoms with van der Waals surface area (Å²) in [5, 5.41) is 11.1. The normalized spacial score (nSPS) is 27.9. The number of aromatic nitrogens is 2. The van der Waals surface area contributed by atoms with Gasteiger partial charge in [-0.3, -0.25) is 0 Å². The van der Waals surface area contributed by atoms with Gasteiger partial charge in [0.2, 0.25) is 0 Å². The van der Waals surface area contributed by atoms with Crippen LogP contribution in [0.1, 0.15) is 68.7 Å². The van der Waals surface area contributed by atoms with Crippen molar-refractivity contribution < 1.29 is 5.11 Å². The van der Waals surface area contributed by atoms with Crippen molar-refractivity contribution in [1.82, 2.24) is 9.38 Å². The van der Waals surface area contributed by atoms with E-state index in [9.17, 15) is 5.11 Å². The molecular weight excluding hydrogens is 260 g/mol. The Labute approximate surface area is 126 Å². The molecule has 2 heterocycles. The molecule has 1 N–H and O–H groups in total. The Morgan fingerprint density at radius 2 is 1.90 bits per heavy atom. The van der Waals surface area contributed by atoms with E-state index in [2.05, 4.69) is 28.4 Å². The summed E-state index contributed by atoms with van der Waals surface area (Å²) < 4.78 is 2.12. The quantitative estimate of drug-likeness (QED) is 0.922. The second-order valence-corrected chi connectivity index (χ2v) is 7.10. The minimum atomic E-state index is -0.342. The Morgan fingerprint density at radius 1 is 1.14 bits per heavy atom.